The molecule has 0 radical (unpaired) electrons. The maximum absolute atomic E-state index is 10.8. The van der Waals surface area contributed by atoms with Gasteiger partial charge >= 0.3 is 0 Å². The first-order valence-electron chi connectivity index (χ1n) is 5.20. The lowest BCUT2D eigenvalue weighted by molar-refractivity contribution is -0.385. The van der Waals surface area contributed by atoms with Crippen LogP contribution in [-0.2, 0) is 4.79 Å². The normalized spacial score (nSPS) is 10.0. The molecule has 0 aliphatic rings. The van der Waals surface area contributed by atoms with Gasteiger partial charge in [-0.15, -0.1) is 0 Å². The first-order chi connectivity index (χ1) is 8.97. The van der Waals surface area contributed by atoms with Gasteiger partial charge < -0.3 is 4.74 Å². The van der Waals surface area contributed by atoms with E-state index in [2.05, 4.69) is 0 Å². The van der Waals surface area contributed by atoms with Gasteiger partial charge in [-0.25, -0.2) is 0 Å². The third kappa shape index (κ3) is 4.18. The van der Waals surface area contributed by atoms with E-state index in [1.54, 1.807) is 0 Å². The number of carbonyl (C=O) groups excluding carboxylic acids is 2. The molecule has 0 saturated heterocycles. The van der Waals surface area contributed by atoms with Crippen LogP contribution >= 0.6 is 23.2 Å². The van der Waals surface area contributed by atoms with Gasteiger partial charge in [0.25, 0.3) is 5.69 Å². The summed E-state index contributed by atoms with van der Waals surface area (Å²) in [5.41, 5.74) is -0.624. The van der Waals surface area contributed by atoms with Crippen molar-refractivity contribution in [1.29, 1.82) is 0 Å². The lowest BCUT2D eigenvalue weighted by atomic mass is 10.2. The van der Waals surface area contributed by atoms with Gasteiger partial charge in [-0.2, -0.15) is 0 Å². The molecule has 0 N–H and O–H groups in total. The van der Waals surface area contributed by atoms with Crippen molar-refractivity contribution in [3.05, 3.63) is 32.8 Å². The number of aldehydes is 1. The highest BCUT2D eigenvalue weighted by atomic mass is 35.5. The van der Waals surface area contributed by atoms with E-state index in [0.29, 0.717) is 12.7 Å². The van der Waals surface area contributed by atoms with Gasteiger partial charge in [-0.1, -0.05) is 11.6 Å². The Morgan fingerprint density at radius 3 is 2.68 bits per heavy atom. The minimum Gasteiger partial charge on any atom is -0.492 e. The second kappa shape index (κ2) is 7.06. The topological polar surface area (TPSA) is 86.5 Å². The summed E-state index contributed by atoms with van der Waals surface area (Å²) in [7, 11) is 0. The Labute approximate surface area is 118 Å². The molecule has 0 aliphatic heterocycles. The third-order valence-corrected chi connectivity index (χ3v) is 2.79. The van der Waals surface area contributed by atoms with Crippen LogP contribution in [0.25, 0.3) is 0 Å². The average Bonchev–Trinajstić information content (AvgIpc) is 2.35. The summed E-state index contributed by atoms with van der Waals surface area (Å²) in [6.07, 6.45) is 0.828. The smallest absolute Gasteiger partial charge is 0.281 e. The highest BCUT2D eigenvalue weighted by molar-refractivity contribution is 6.63. The largest absolute Gasteiger partial charge is 0.492 e. The fourth-order valence-corrected chi connectivity index (χ4v) is 1.73. The van der Waals surface area contributed by atoms with Crippen LogP contribution in [0.15, 0.2) is 12.1 Å². The van der Waals surface area contributed by atoms with E-state index in [4.69, 9.17) is 27.9 Å². The molecule has 0 spiro atoms. The molecule has 8 heteroatoms. The van der Waals surface area contributed by atoms with E-state index in [9.17, 15) is 19.7 Å². The Morgan fingerprint density at radius 2 is 2.16 bits per heavy atom. The maximum Gasteiger partial charge on any atom is 0.281 e. The average molecular weight is 306 g/mol. The van der Waals surface area contributed by atoms with E-state index in [0.717, 1.165) is 6.07 Å². The third-order valence-electron chi connectivity index (χ3n) is 2.21. The van der Waals surface area contributed by atoms with Crippen molar-refractivity contribution >= 4 is 40.4 Å². The lowest BCUT2D eigenvalue weighted by Gasteiger charge is -2.08. The van der Waals surface area contributed by atoms with Gasteiger partial charge in [-0.3, -0.25) is 19.7 Å². The standard InChI is InChI=1S/C11H9Cl2NO5/c12-10(16)2-1-5-19-9-4-3-8(14(17)18)7(6-15)11(9)13/h3-4,6H,1-2,5H2. The minimum atomic E-state index is -0.703. The molecule has 1 aromatic rings. The van der Waals surface area contributed by atoms with Gasteiger partial charge in [0.2, 0.25) is 5.24 Å². The number of benzene rings is 1. The molecular formula is C11H9Cl2NO5. The highest BCUT2D eigenvalue weighted by Gasteiger charge is 2.20. The number of hydrogen-bond donors (Lipinski definition) is 0. The lowest BCUT2D eigenvalue weighted by Crippen LogP contribution is -2.02. The van der Waals surface area contributed by atoms with Gasteiger partial charge in [0.15, 0.2) is 6.29 Å². The van der Waals surface area contributed by atoms with Crippen LogP contribution in [0.2, 0.25) is 5.02 Å². The van der Waals surface area contributed by atoms with Crippen LogP contribution in [0, 0.1) is 10.1 Å². The molecule has 1 aromatic carbocycles. The van der Waals surface area contributed by atoms with Gasteiger partial charge in [-0.05, 0) is 24.1 Å². The summed E-state index contributed by atoms with van der Waals surface area (Å²) in [4.78, 5) is 31.3. The number of nitrogens with zero attached hydrogens (tertiary/aromatic N) is 1. The van der Waals surface area contributed by atoms with E-state index >= 15 is 0 Å². The molecule has 0 fully saturated rings. The molecule has 6 nitrogen and oxygen atoms in total. The number of ether oxygens (including phenoxy) is 1. The van der Waals surface area contributed by atoms with Crippen molar-refractivity contribution in [3.63, 3.8) is 0 Å². The van der Waals surface area contributed by atoms with Crippen LogP contribution in [0.3, 0.4) is 0 Å². The zero-order valence-electron chi connectivity index (χ0n) is 9.60. The number of rotatable bonds is 7. The molecular weight excluding hydrogens is 297 g/mol. The molecule has 0 aliphatic carbocycles. The number of halogens is 2. The molecule has 0 amide bonds. The maximum atomic E-state index is 10.8. The van der Waals surface area contributed by atoms with Crippen LogP contribution in [0.4, 0.5) is 5.69 Å². The number of carbonyl (C=O) groups is 2. The second-order valence-electron chi connectivity index (χ2n) is 3.49. The van der Waals surface area contributed by atoms with Crippen LogP contribution < -0.4 is 4.74 Å². The van der Waals surface area contributed by atoms with Crippen LogP contribution in [0.1, 0.15) is 23.2 Å². The van der Waals surface area contributed by atoms with Crippen molar-refractivity contribution in [1.82, 2.24) is 0 Å². The van der Waals surface area contributed by atoms with Crippen LogP contribution in [-0.4, -0.2) is 23.1 Å². The molecule has 0 bridgehead atoms. The molecule has 0 atom stereocenters. The van der Waals surface area contributed by atoms with Crippen molar-refractivity contribution < 1.29 is 19.2 Å². The van der Waals surface area contributed by atoms with Crippen molar-refractivity contribution in [2.45, 2.75) is 12.8 Å². The van der Waals surface area contributed by atoms with E-state index in [1.165, 1.54) is 6.07 Å². The molecule has 0 heterocycles. The second-order valence-corrected chi connectivity index (χ2v) is 4.29. The van der Waals surface area contributed by atoms with Gasteiger partial charge in [0.1, 0.15) is 16.3 Å². The van der Waals surface area contributed by atoms with E-state index < -0.39 is 10.2 Å². The fourth-order valence-electron chi connectivity index (χ4n) is 1.34. The van der Waals surface area contributed by atoms with Crippen molar-refractivity contribution in [2.75, 3.05) is 6.61 Å². The Hall–Kier alpha value is -1.66. The molecule has 19 heavy (non-hydrogen) atoms. The van der Waals surface area contributed by atoms with E-state index in [-0.39, 0.29) is 35.1 Å². The van der Waals surface area contributed by atoms with Gasteiger partial charge in [0, 0.05) is 12.5 Å². The quantitative estimate of drug-likeness (QED) is 0.254. The summed E-state index contributed by atoms with van der Waals surface area (Å²) in [6, 6.07) is 2.44. The van der Waals surface area contributed by atoms with Crippen LogP contribution in [0.5, 0.6) is 5.75 Å². The highest BCUT2D eigenvalue weighted by Crippen LogP contribution is 2.33. The first kappa shape index (κ1) is 15.4. The first-order valence-corrected chi connectivity index (χ1v) is 5.96. The Balaban J connectivity index is 2.83. The minimum absolute atomic E-state index is 0.124. The predicted molar refractivity (Wildman–Crippen MR) is 69.1 cm³/mol. The summed E-state index contributed by atoms with van der Waals surface area (Å²) in [5, 5.41) is 10.1. The zero-order valence-corrected chi connectivity index (χ0v) is 11.1. The summed E-state index contributed by atoms with van der Waals surface area (Å²) < 4.78 is 5.24. The van der Waals surface area contributed by atoms with Gasteiger partial charge in [0.05, 0.1) is 11.5 Å². The molecule has 1 rings (SSSR count). The molecule has 0 saturated carbocycles. The van der Waals surface area contributed by atoms with Crippen molar-refractivity contribution in [2.24, 2.45) is 0 Å². The van der Waals surface area contributed by atoms with Crippen molar-refractivity contribution in [3.8, 4) is 5.75 Å². The number of hydrogen-bond acceptors (Lipinski definition) is 5. The number of nitro groups is 1. The summed E-state index contributed by atoms with van der Waals surface area (Å²) in [6.45, 7) is 0.161. The Bertz CT molecular complexity index is 518. The number of nitro benzene ring substituents is 1. The Kier molecular flexibility index (Phi) is 5.72. The molecule has 0 aromatic heterocycles. The summed E-state index contributed by atoms with van der Waals surface area (Å²) in [5.74, 6) is 0.149. The summed E-state index contributed by atoms with van der Waals surface area (Å²) >= 11 is 11.0. The predicted octanol–water partition coefficient (Wildman–Crippen LogP) is 2.99. The SMILES string of the molecule is O=Cc1c([N+](=O)[O-])ccc(OCCCC(=O)Cl)c1Cl. The van der Waals surface area contributed by atoms with E-state index in [1.807, 2.05) is 0 Å². The zero-order chi connectivity index (χ0) is 14.4. The fraction of sp³-hybridized carbons (Fsp3) is 0.273. The monoisotopic (exact) mass is 305 g/mol. The Morgan fingerprint density at radius 1 is 1.47 bits per heavy atom. The molecule has 102 valence electrons. The molecule has 0 unspecified atom stereocenters.